The molecule has 0 bridgehead atoms. The van der Waals surface area contributed by atoms with Crippen LogP contribution in [-0.4, -0.2) is 21.1 Å². The number of rotatable bonds is 4. The van der Waals surface area contributed by atoms with Gasteiger partial charge in [-0.15, -0.1) is 0 Å². The minimum absolute atomic E-state index is 0.117. The summed E-state index contributed by atoms with van der Waals surface area (Å²) < 4.78 is -0.391. The van der Waals surface area contributed by atoms with Crippen molar-refractivity contribution < 1.29 is 15.7 Å². The molecular formula is C6H18ClN4Pd. The second-order valence-electron chi connectivity index (χ2n) is 2.77. The summed E-state index contributed by atoms with van der Waals surface area (Å²) in [5.41, 5.74) is 22.7. The van der Waals surface area contributed by atoms with Gasteiger partial charge in [-0.25, -0.2) is 0 Å². The molecule has 4 unspecified atom stereocenters. The van der Waals surface area contributed by atoms with Gasteiger partial charge >= 0.3 is 83.2 Å². The molecule has 12 heavy (non-hydrogen) atoms. The summed E-state index contributed by atoms with van der Waals surface area (Å²) in [6.45, 7) is 3.66. The summed E-state index contributed by atoms with van der Waals surface area (Å²) in [6, 6.07) is -0.235. The molecule has 0 rings (SSSR count). The van der Waals surface area contributed by atoms with Gasteiger partial charge in [0, 0.05) is 0 Å². The van der Waals surface area contributed by atoms with Crippen LogP contribution in [0.25, 0.3) is 0 Å². The van der Waals surface area contributed by atoms with Gasteiger partial charge in [0.1, 0.15) is 0 Å². The molecule has 0 aromatic carbocycles. The van der Waals surface area contributed by atoms with E-state index in [1.807, 2.05) is 13.8 Å². The van der Waals surface area contributed by atoms with Crippen molar-refractivity contribution >= 4 is 9.53 Å². The average molecular weight is 288 g/mol. The Hall–Kier alpha value is 0.792. The van der Waals surface area contributed by atoms with Crippen molar-refractivity contribution in [2.45, 2.75) is 35.0 Å². The Labute approximate surface area is 83.2 Å². The monoisotopic (exact) mass is 287 g/mol. The van der Waals surface area contributed by atoms with Crippen molar-refractivity contribution in [1.82, 2.24) is 0 Å². The molecule has 0 aliphatic heterocycles. The Bertz CT molecular complexity index is 119. The van der Waals surface area contributed by atoms with Gasteiger partial charge in [-0.2, -0.15) is 0 Å². The molecule has 0 aromatic heterocycles. The van der Waals surface area contributed by atoms with E-state index < -0.39 is 15.7 Å². The summed E-state index contributed by atoms with van der Waals surface area (Å²) in [5.74, 6) is 0. The van der Waals surface area contributed by atoms with Crippen molar-refractivity contribution in [3.8, 4) is 0 Å². The van der Waals surface area contributed by atoms with Crippen molar-refractivity contribution in [2.24, 2.45) is 22.9 Å². The molecule has 0 aliphatic rings. The van der Waals surface area contributed by atoms with Crippen molar-refractivity contribution in [3.63, 3.8) is 0 Å². The van der Waals surface area contributed by atoms with Gasteiger partial charge in [-0.3, -0.25) is 0 Å². The standard InChI is InChI=1S/2C3H9N2.ClH.Pd/c2*1-3(5)2-4;;/h2*2-3H,4-5H2,1H3;1H;/q;;;+1/p-1. The van der Waals surface area contributed by atoms with Crippen molar-refractivity contribution in [3.05, 3.63) is 0 Å². The van der Waals surface area contributed by atoms with E-state index in [1.54, 1.807) is 0 Å². The van der Waals surface area contributed by atoms with E-state index in [-0.39, 0.29) is 21.1 Å². The molecular weight excluding hydrogens is 270 g/mol. The van der Waals surface area contributed by atoms with Crippen LogP contribution in [0.2, 0.25) is 0 Å². The third-order valence-electron chi connectivity index (χ3n) is 1.34. The van der Waals surface area contributed by atoms with E-state index >= 15 is 0 Å². The van der Waals surface area contributed by atoms with Gasteiger partial charge < -0.3 is 0 Å². The molecule has 0 aromatic rings. The van der Waals surface area contributed by atoms with Gasteiger partial charge in [-0.05, 0) is 0 Å². The SMILES string of the molecule is CC(N)[CH](N)[Pd]([Cl])[CH](N)C(C)N. The van der Waals surface area contributed by atoms with Crippen molar-refractivity contribution in [1.29, 1.82) is 0 Å². The molecule has 4 nitrogen and oxygen atoms in total. The van der Waals surface area contributed by atoms with Crippen LogP contribution in [0.4, 0.5) is 0 Å². The van der Waals surface area contributed by atoms with Gasteiger partial charge in [0.05, 0.1) is 0 Å². The van der Waals surface area contributed by atoms with E-state index in [9.17, 15) is 0 Å². The van der Waals surface area contributed by atoms with Crippen LogP contribution in [0.15, 0.2) is 0 Å². The van der Waals surface area contributed by atoms with Gasteiger partial charge in [0.2, 0.25) is 0 Å². The fourth-order valence-electron chi connectivity index (χ4n) is 0.458. The van der Waals surface area contributed by atoms with Crippen LogP contribution >= 0.6 is 9.53 Å². The summed E-state index contributed by atoms with van der Waals surface area (Å²) >= 11 is -1.51. The first-order valence-electron chi connectivity index (χ1n) is 3.64. The molecule has 0 radical (unpaired) electrons. The average Bonchev–Trinajstić information content (AvgIpc) is 2.00. The second-order valence-corrected chi connectivity index (χ2v) is 7.67. The molecule has 0 heterocycles. The summed E-state index contributed by atoms with van der Waals surface area (Å²) in [6.07, 6.45) is 0. The molecule has 8 N–H and O–H groups in total. The molecule has 6 heteroatoms. The summed E-state index contributed by atoms with van der Waals surface area (Å²) in [4.78, 5) is 0. The predicted octanol–water partition coefficient (Wildman–Crippen LogP) is -0.978. The van der Waals surface area contributed by atoms with Crippen LogP contribution in [0.1, 0.15) is 13.8 Å². The van der Waals surface area contributed by atoms with E-state index in [0.717, 1.165) is 0 Å². The third kappa shape index (κ3) is 3.67. The Morgan fingerprint density at radius 1 is 0.917 bits per heavy atom. The van der Waals surface area contributed by atoms with E-state index in [0.29, 0.717) is 0 Å². The number of hydrogen-bond acceptors (Lipinski definition) is 4. The van der Waals surface area contributed by atoms with E-state index in [2.05, 4.69) is 0 Å². The first kappa shape index (κ1) is 12.8. The Kier molecular flexibility index (Phi) is 5.87. The second kappa shape index (κ2) is 5.51. The molecule has 79 valence electrons. The van der Waals surface area contributed by atoms with Crippen LogP contribution < -0.4 is 22.9 Å². The fourth-order valence-corrected chi connectivity index (χ4v) is 4.20. The van der Waals surface area contributed by atoms with Gasteiger partial charge in [0.15, 0.2) is 0 Å². The molecule has 0 saturated heterocycles. The molecule has 0 spiro atoms. The molecule has 0 aliphatic carbocycles. The number of halogens is 1. The predicted molar refractivity (Wildman–Crippen MR) is 49.1 cm³/mol. The molecule has 4 atom stereocenters. The molecule has 0 fully saturated rings. The van der Waals surface area contributed by atoms with E-state index in [4.69, 9.17) is 32.5 Å². The zero-order chi connectivity index (χ0) is 9.89. The maximum atomic E-state index is 6.08. The fraction of sp³-hybridized carbons (Fsp3) is 1.00. The zero-order valence-corrected chi connectivity index (χ0v) is 9.62. The maximum absolute atomic E-state index is 6.08. The minimum atomic E-state index is -1.51. The topological polar surface area (TPSA) is 104 Å². The Morgan fingerprint density at radius 2 is 1.17 bits per heavy atom. The third-order valence-corrected chi connectivity index (χ3v) is 6.84. The zero-order valence-electron chi connectivity index (χ0n) is 7.31. The molecule has 0 saturated carbocycles. The summed E-state index contributed by atoms with van der Waals surface area (Å²) in [5, 5.41) is 0. The van der Waals surface area contributed by atoms with Gasteiger partial charge in [0.25, 0.3) is 0 Å². The molecule has 0 amide bonds. The van der Waals surface area contributed by atoms with Gasteiger partial charge in [-0.1, -0.05) is 0 Å². The number of nitrogens with two attached hydrogens (primary N) is 4. The normalized spacial score (nSPS) is 22.8. The first-order valence-corrected chi connectivity index (χ1v) is 7.44. The van der Waals surface area contributed by atoms with Crippen LogP contribution in [0.5, 0.6) is 0 Å². The van der Waals surface area contributed by atoms with Crippen LogP contribution in [-0.2, 0) is 15.7 Å². The Balaban J connectivity index is 4.08. The van der Waals surface area contributed by atoms with E-state index in [1.165, 1.54) is 0 Å². The Morgan fingerprint density at radius 3 is 1.33 bits per heavy atom. The summed E-state index contributed by atoms with van der Waals surface area (Å²) in [7, 11) is 6.08. The number of hydrogen-bond donors (Lipinski definition) is 4. The van der Waals surface area contributed by atoms with Crippen molar-refractivity contribution in [2.75, 3.05) is 0 Å². The van der Waals surface area contributed by atoms with Crippen LogP contribution in [0, 0.1) is 0 Å². The quantitative estimate of drug-likeness (QED) is 0.499. The van der Waals surface area contributed by atoms with Crippen LogP contribution in [0.3, 0.4) is 0 Å². The first-order chi connectivity index (χ1) is 5.37.